The Labute approximate surface area is 131 Å². The van der Waals surface area contributed by atoms with Gasteiger partial charge in [-0.15, -0.1) is 0 Å². The number of carbonyl (C=O) groups is 1. The highest BCUT2D eigenvalue weighted by Gasteiger charge is 2.24. The van der Waals surface area contributed by atoms with E-state index in [0.29, 0.717) is 49.0 Å². The normalized spacial score (nSPS) is 16.0. The second kappa shape index (κ2) is 6.41. The molecule has 2 aromatic rings. The molecule has 0 spiro atoms. The van der Waals surface area contributed by atoms with E-state index in [0.717, 1.165) is 0 Å². The predicted molar refractivity (Wildman–Crippen MR) is 79.0 cm³/mol. The number of aromatic nitrogens is 3. The van der Waals surface area contributed by atoms with Gasteiger partial charge in [0, 0.05) is 43.3 Å². The minimum absolute atomic E-state index is 0.141. The molecular formula is C14H15ClFN5O. The monoisotopic (exact) mass is 323 g/mol. The summed E-state index contributed by atoms with van der Waals surface area (Å²) in [6, 6.07) is 4.69. The molecule has 1 saturated heterocycles. The van der Waals surface area contributed by atoms with Gasteiger partial charge in [0.2, 0.25) is 0 Å². The molecule has 0 radical (unpaired) electrons. The maximum atomic E-state index is 13.8. The molecule has 2 heterocycles. The van der Waals surface area contributed by atoms with E-state index < -0.39 is 0 Å². The highest BCUT2D eigenvalue weighted by molar-refractivity contribution is 6.31. The SMILES string of the molecule is O=C(c1cn[nH]n1)N1CCN(Cc2c(F)cccc2Cl)CC1. The van der Waals surface area contributed by atoms with Crippen LogP contribution in [0.1, 0.15) is 16.1 Å². The summed E-state index contributed by atoms with van der Waals surface area (Å²) in [7, 11) is 0. The van der Waals surface area contributed by atoms with Crippen molar-refractivity contribution in [3.8, 4) is 0 Å². The number of hydrogen-bond donors (Lipinski definition) is 1. The van der Waals surface area contributed by atoms with Crippen molar-refractivity contribution < 1.29 is 9.18 Å². The Kier molecular flexibility index (Phi) is 4.35. The Morgan fingerprint density at radius 2 is 2.09 bits per heavy atom. The first-order valence-corrected chi connectivity index (χ1v) is 7.33. The van der Waals surface area contributed by atoms with Crippen molar-refractivity contribution in [1.82, 2.24) is 25.2 Å². The number of H-pyrrole nitrogens is 1. The van der Waals surface area contributed by atoms with Crippen molar-refractivity contribution in [2.24, 2.45) is 0 Å². The number of amides is 1. The Bertz CT molecular complexity index is 635. The van der Waals surface area contributed by atoms with E-state index in [1.165, 1.54) is 12.3 Å². The lowest BCUT2D eigenvalue weighted by Gasteiger charge is -2.34. The average Bonchev–Trinajstić information content (AvgIpc) is 3.05. The van der Waals surface area contributed by atoms with Gasteiger partial charge in [-0.05, 0) is 12.1 Å². The van der Waals surface area contributed by atoms with Gasteiger partial charge in [0.1, 0.15) is 5.82 Å². The second-order valence-electron chi connectivity index (χ2n) is 5.12. The van der Waals surface area contributed by atoms with Crippen LogP contribution in [0.15, 0.2) is 24.4 Å². The minimum atomic E-state index is -0.298. The van der Waals surface area contributed by atoms with Gasteiger partial charge in [-0.25, -0.2) is 4.39 Å². The fourth-order valence-corrected chi connectivity index (χ4v) is 2.71. The van der Waals surface area contributed by atoms with Crippen LogP contribution in [0.25, 0.3) is 0 Å². The van der Waals surface area contributed by atoms with Crippen LogP contribution < -0.4 is 0 Å². The molecule has 1 fully saturated rings. The van der Waals surface area contributed by atoms with Gasteiger partial charge in [-0.1, -0.05) is 17.7 Å². The number of rotatable bonds is 3. The van der Waals surface area contributed by atoms with Crippen LogP contribution in [-0.2, 0) is 6.54 Å². The molecule has 0 bridgehead atoms. The summed E-state index contributed by atoms with van der Waals surface area (Å²) < 4.78 is 13.8. The average molecular weight is 324 g/mol. The smallest absolute Gasteiger partial charge is 0.276 e. The van der Waals surface area contributed by atoms with E-state index in [1.807, 2.05) is 0 Å². The lowest BCUT2D eigenvalue weighted by atomic mass is 10.1. The molecule has 1 aromatic heterocycles. The zero-order chi connectivity index (χ0) is 15.5. The molecule has 1 amide bonds. The third-order valence-corrected chi connectivity index (χ3v) is 4.09. The predicted octanol–water partition coefficient (Wildman–Crippen LogP) is 1.56. The van der Waals surface area contributed by atoms with Crippen LogP contribution in [-0.4, -0.2) is 57.3 Å². The van der Waals surface area contributed by atoms with Crippen LogP contribution >= 0.6 is 11.6 Å². The van der Waals surface area contributed by atoms with Crippen LogP contribution in [0.4, 0.5) is 4.39 Å². The number of nitrogens with one attached hydrogen (secondary N) is 1. The number of aromatic amines is 1. The maximum Gasteiger partial charge on any atom is 0.276 e. The van der Waals surface area contributed by atoms with Crippen molar-refractivity contribution >= 4 is 17.5 Å². The summed E-state index contributed by atoms with van der Waals surface area (Å²) in [5.41, 5.74) is 0.811. The fourth-order valence-electron chi connectivity index (χ4n) is 2.48. The topological polar surface area (TPSA) is 65.1 Å². The quantitative estimate of drug-likeness (QED) is 0.931. The van der Waals surface area contributed by atoms with Gasteiger partial charge in [0.05, 0.1) is 6.20 Å². The van der Waals surface area contributed by atoms with Crippen LogP contribution in [0.2, 0.25) is 5.02 Å². The molecule has 1 aromatic carbocycles. The van der Waals surface area contributed by atoms with Crippen LogP contribution in [0.3, 0.4) is 0 Å². The van der Waals surface area contributed by atoms with Crippen LogP contribution in [0.5, 0.6) is 0 Å². The zero-order valence-electron chi connectivity index (χ0n) is 11.8. The minimum Gasteiger partial charge on any atom is -0.335 e. The van der Waals surface area contributed by atoms with E-state index in [2.05, 4.69) is 20.3 Å². The van der Waals surface area contributed by atoms with Gasteiger partial charge in [-0.3, -0.25) is 9.69 Å². The summed E-state index contributed by atoms with van der Waals surface area (Å²) in [4.78, 5) is 15.9. The lowest BCUT2D eigenvalue weighted by molar-refractivity contribution is 0.0621. The number of halogens is 2. The van der Waals surface area contributed by atoms with E-state index in [1.54, 1.807) is 17.0 Å². The molecular weight excluding hydrogens is 309 g/mol. The lowest BCUT2D eigenvalue weighted by Crippen LogP contribution is -2.48. The highest BCUT2D eigenvalue weighted by Crippen LogP contribution is 2.21. The van der Waals surface area contributed by atoms with E-state index in [9.17, 15) is 9.18 Å². The van der Waals surface area contributed by atoms with E-state index in [-0.39, 0.29) is 11.7 Å². The number of carbonyl (C=O) groups excluding carboxylic acids is 1. The summed E-state index contributed by atoms with van der Waals surface area (Å²) in [6.45, 7) is 2.90. The van der Waals surface area contributed by atoms with Crippen molar-refractivity contribution in [2.75, 3.05) is 26.2 Å². The van der Waals surface area contributed by atoms with Gasteiger partial charge in [0.15, 0.2) is 5.69 Å². The first kappa shape index (κ1) is 14.9. The summed E-state index contributed by atoms with van der Waals surface area (Å²) >= 11 is 6.05. The zero-order valence-corrected chi connectivity index (χ0v) is 12.6. The largest absolute Gasteiger partial charge is 0.335 e. The van der Waals surface area contributed by atoms with Crippen molar-refractivity contribution in [1.29, 1.82) is 0 Å². The Morgan fingerprint density at radius 3 is 2.73 bits per heavy atom. The number of benzene rings is 1. The van der Waals surface area contributed by atoms with Gasteiger partial charge in [-0.2, -0.15) is 15.4 Å². The number of piperazine rings is 1. The molecule has 1 aliphatic rings. The molecule has 8 heteroatoms. The molecule has 0 saturated carbocycles. The molecule has 6 nitrogen and oxygen atoms in total. The fraction of sp³-hybridized carbons (Fsp3) is 0.357. The van der Waals surface area contributed by atoms with Gasteiger partial charge >= 0.3 is 0 Å². The number of hydrogen-bond acceptors (Lipinski definition) is 4. The standard InChI is InChI=1S/C14H15ClFN5O/c15-11-2-1-3-12(16)10(11)9-20-4-6-21(7-5-20)14(22)13-8-17-19-18-13/h1-3,8H,4-7,9H2,(H,17,18,19). The first-order valence-electron chi connectivity index (χ1n) is 6.95. The molecule has 116 valence electrons. The van der Waals surface area contributed by atoms with E-state index >= 15 is 0 Å². The van der Waals surface area contributed by atoms with Crippen molar-refractivity contribution in [3.05, 3.63) is 46.5 Å². The number of nitrogens with zero attached hydrogens (tertiary/aromatic N) is 4. The van der Waals surface area contributed by atoms with Crippen molar-refractivity contribution in [3.63, 3.8) is 0 Å². The Hall–Kier alpha value is -1.99. The molecule has 1 aliphatic heterocycles. The van der Waals surface area contributed by atoms with Crippen molar-refractivity contribution in [2.45, 2.75) is 6.54 Å². The molecule has 0 unspecified atom stereocenters. The van der Waals surface area contributed by atoms with Gasteiger partial charge in [0.25, 0.3) is 5.91 Å². The molecule has 0 atom stereocenters. The summed E-state index contributed by atoms with van der Waals surface area (Å²) in [5.74, 6) is -0.439. The van der Waals surface area contributed by atoms with Crippen LogP contribution in [0, 0.1) is 5.82 Å². The Balaban J connectivity index is 1.59. The maximum absolute atomic E-state index is 13.8. The van der Waals surface area contributed by atoms with Gasteiger partial charge < -0.3 is 4.90 Å². The molecule has 1 N–H and O–H groups in total. The van der Waals surface area contributed by atoms with E-state index in [4.69, 9.17) is 11.6 Å². The first-order chi connectivity index (χ1) is 10.6. The second-order valence-corrected chi connectivity index (χ2v) is 5.53. The third-order valence-electron chi connectivity index (χ3n) is 3.74. The Morgan fingerprint density at radius 1 is 1.32 bits per heavy atom. The summed E-state index contributed by atoms with van der Waals surface area (Å²) in [5, 5.41) is 10.3. The third kappa shape index (κ3) is 3.10. The summed E-state index contributed by atoms with van der Waals surface area (Å²) in [6.07, 6.45) is 1.41. The molecule has 22 heavy (non-hydrogen) atoms. The molecule has 3 rings (SSSR count). The highest BCUT2D eigenvalue weighted by atomic mass is 35.5. The molecule has 0 aliphatic carbocycles.